The van der Waals surface area contributed by atoms with E-state index in [1.54, 1.807) is 41.6 Å². The molecule has 1 aromatic carbocycles. The van der Waals surface area contributed by atoms with Crippen LogP contribution in [0.15, 0.2) is 36.7 Å². The first-order valence-electron chi connectivity index (χ1n) is 7.87. The highest BCUT2D eigenvalue weighted by Gasteiger charge is 2.28. The van der Waals surface area contributed by atoms with Crippen LogP contribution in [0.3, 0.4) is 0 Å². The SMILES string of the molecule is O=C(Nc1ncccn1)C1CCN(C(=O)c2ccc(Cl)c(Cl)c2)CC1. The Kier molecular flexibility index (Phi) is 5.50. The zero-order valence-electron chi connectivity index (χ0n) is 13.3. The van der Waals surface area contributed by atoms with E-state index in [0.29, 0.717) is 47.5 Å². The van der Waals surface area contributed by atoms with Crippen LogP contribution in [0.1, 0.15) is 23.2 Å². The Morgan fingerprint density at radius 1 is 1.08 bits per heavy atom. The number of carbonyl (C=O) groups is 2. The number of halogens is 2. The Morgan fingerprint density at radius 3 is 2.40 bits per heavy atom. The zero-order chi connectivity index (χ0) is 17.8. The van der Waals surface area contributed by atoms with Gasteiger partial charge in [0.05, 0.1) is 10.0 Å². The van der Waals surface area contributed by atoms with Crippen LogP contribution in [-0.4, -0.2) is 39.8 Å². The molecule has 2 amide bonds. The first-order chi connectivity index (χ1) is 12.0. The molecule has 0 atom stereocenters. The van der Waals surface area contributed by atoms with Crippen LogP contribution >= 0.6 is 23.2 Å². The minimum Gasteiger partial charge on any atom is -0.339 e. The molecule has 1 fully saturated rings. The third kappa shape index (κ3) is 4.27. The van der Waals surface area contributed by atoms with Gasteiger partial charge in [-0.25, -0.2) is 9.97 Å². The van der Waals surface area contributed by atoms with Gasteiger partial charge in [-0.2, -0.15) is 0 Å². The lowest BCUT2D eigenvalue weighted by molar-refractivity contribution is -0.121. The number of aromatic nitrogens is 2. The number of rotatable bonds is 3. The van der Waals surface area contributed by atoms with E-state index < -0.39 is 0 Å². The van der Waals surface area contributed by atoms with E-state index in [-0.39, 0.29) is 17.7 Å². The largest absolute Gasteiger partial charge is 0.339 e. The third-order valence-corrected chi connectivity index (χ3v) is 4.86. The van der Waals surface area contributed by atoms with Crippen molar-refractivity contribution < 1.29 is 9.59 Å². The summed E-state index contributed by atoms with van der Waals surface area (Å²) in [5, 5.41) is 3.47. The fourth-order valence-electron chi connectivity index (χ4n) is 2.73. The van der Waals surface area contributed by atoms with Gasteiger partial charge in [0.2, 0.25) is 11.9 Å². The average molecular weight is 379 g/mol. The number of carbonyl (C=O) groups excluding carboxylic acids is 2. The monoisotopic (exact) mass is 378 g/mol. The van der Waals surface area contributed by atoms with Gasteiger partial charge in [-0.05, 0) is 37.1 Å². The lowest BCUT2D eigenvalue weighted by Gasteiger charge is -2.31. The predicted octanol–water partition coefficient (Wildman–Crippen LogP) is 3.27. The van der Waals surface area contributed by atoms with Gasteiger partial charge in [-0.3, -0.25) is 14.9 Å². The highest BCUT2D eigenvalue weighted by Crippen LogP contribution is 2.25. The molecule has 2 aromatic rings. The van der Waals surface area contributed by atoms with E-state index in [4.69, 9.17) is 23.2 Å². The minimum atomic E-state index is -0.165. The van der Waals surface area contributed by atoms with Crippen molar-refractivity contribution in [1.82, 2.24) is 14.9 Å². The molecule has 0 unspecified atom stereocenters. The second-order valence-electron chi connectivity index (χ2n) is 5.76. The molecule has 1 aliphatic rings. The second-order valence-corrected chi connectivity index (χ2v) is 6.57. The molecular formula is C17H16Cl2N4O2. The number of piperidine rings is 1. The second kappa shape index (κ2) is 7.80. The van der Waals surface area contributed by atoms with E-state index >= 15 is 0 Å². The molecule has 130 valence electrons. The van der Waals surface area contributed by atoms with Crippen LogP contribution in [-0.2, 0) is 4.79 Å². The summed E-state index contributed by atoms with van der Waals surface area (Å²) in [6.45, 7) is 1.01. The van der Waals surface area contributed by atoms with Crippen LogP contribution < -0.4 is 5.32 Å². The molecule has 0 bridgehead atoms. The van der Waals surface area contributed by atoms with Gasteiger partial charge in [-0.15, -0.1) is 0 Å². The maximum absolute atomic E-state index is 12.5. The van der Waals surface area contributed by atoms with Crippen molar-refractivity contribution in [3.05, 3.63) is 52.3 Å². The highest BCUT2D eigenvalue weighted by atomic mass is 35.5. The van der Waals surface area contributed by atoms with Crippen molar-refractivity contribution in [3.63, 3.8) is 0 Å². The quantitative estimate of drug-likeness (QED) is 0.888. The average Bonchev–Trinajstić information content (AvgIpc) is 2.64. The number of anilines is 1. The molecule has 8 heteroatoms. The van der Waals surface area contributed by atoms with E-state index in [1.165, 1.54) is 0 Å². The van der Waals surface area contributed by atoms with Gasteiger partial charge < -0.3 is 4.90 Å². The number of likely N-dealkylation sites (tertiary alicyclic amines) is 1. The molecule has 0 saturated carbocycles. The molecule has 6 nitrogen and oxygen atoms in total. The lowest BCUT2D eigenvalue weighted by Crippen LogP contribution is -2.41. The van der Waals surface area contributed by atoms with Crippen molar-refractivity contribution in [2.45, 2.75) is 12.8 Å². The van der Waals surface area contributed by atoms with Gasteiger partial charge in [0.15, 0.2) is 0 Å². The Labute approximate surface area is 155 Å². The van der Waals surface area contributed by atoms with E-state index in [1.807, 2.05) is 0 Å². The topological polar surface area (TPSA) is 75.2 Å². The summed E-state index contributed by atoms with van der Waals surface area (Å²) in [4.78, 5) is 34.5. The van der Waals surface area contributed by atoms with Crippen molar-refractivity contribution in [2.75, 3.05) is 18.4 Å². The molecule has 2 heterocycles. The highest BCUT2D eigenvalue weighted by molar-refractivity contribution is 6.42. The molecule has 0 radical (unpaired) electrons. The van der Waals surface area contributed by atoms with Crippen molar-refractivity contribution in [1.29, 1.82) is 0 Å². The van der Waals surface area contributed by atoms with Crippen LogP contribution in [0.25, 0.3) is 0 Å². The summed E-state index contributed by atoms with van der Waals surface area (Å²) in [5.74, 6) is -0.0971. The van der Waals surface area contributed by atoms with Crippen LogP contribution in [0.5, 0.6) is 0 Å². The van der Waals surface area contributed by atoms with Gasteiger partial charge >= 0.3 is 0 Å². The number of nitrogens with zero attached hydrogens (tertiary/aromatic N) is 3. The van der Waals surface area contributed by atoms with Gasteiger partial charge in [0.25, 0.3) is 5.91 Å². The third-order valence-electron chi connectivity index (χ3n) is 4.12. The number of benzene rings is 1. The number of nitrogens with one attached hydrogen (secondary N) is 1. The standard InChI is InChI=1S/C17H16Cl2N4O2/c18-13-3-2-12(10-14(13)19)16(25)23-8-4-11(5-9-23)15(24)22-17-20-6-1-7-21-17/h1-3,6-7,10-11H,4-5,8-9H2,(H,20,21,22,24). The maximum atomic E-state index is 12.5. The lowest BCUT2D eigenvalue weighted by atomic mass is 9.95. The summed E-state index contributed by atoms with van der Waals surface area (Å²) < 4.78 is 0. The molecule has 1 aliphatic heterocycles. The summed E-state index contributed by atoms with van der Waals surface area (Å²) in [6.07, 6.45) is 4.32. The summed E-state index contributed by atoms with van der Waals surface area (Å²) in [6, 6.07) is 6.51. The van der Waals surface area contributed by atoms with Crippen molar-refractivity contribution >= 4 is 41.0 Å². The van der Waals surface area contributed by atoms with Crippen LogP contribution in [0.4, 0.5) is 5.95 Å². The Bertz CT molecular complexity index is 777. The predicted molar refractivity (Wildman–Crippen MR) is 95.8 cm³/mol. The summed E-state index contributed by atoms with van der Waals surface area (Å²) >= 11 is 11.9. The normalized spacial score (nSPS) is 15.0. The van der Waals surface area contributed by atoms with E-state index in [2.05, 4.69) is 15.3 Å². The minimum absolute atomic E-state index is 0.108. The Morgan fingerprint density at radius 2 is 1.76 bits per heavy atom. The van der Waals surface area contributed by atoms with Crippen LogP contribution in [0.2, 0.25) is 10.0 Å². The van der Waals surface area contributed by atoms with Crippen LogP contribution in [0, 0.1) is 5.92 Å². The van der Waals surface area contributed by atoms with Crippen molar-refractivity contribution in [2.24, 2.45) is 5.92 Å². The van der Waals surface area contributed by atoms with Gasteiger partial charge in [0.1, 0.15) is 0 Å². The maximum Gasteiger partial charge on any atom is 0.253 e. The fraction of sp³-hybridized carbons (Fsp3) is 0.294. The Balaban J connectivity index is 1.57. The molecule has 0 spiro atoms. The summed E-state index contributed by atoms with van der Waals surface area (Å²) in [7, 11) is 0. The fourth-order valence-corrected chi connectivity index (χ4v) is 3.03. The van der Waals surface area contributed by atoms with Gasteiger partial charge in [0, 0.05) is 37.0 Å². The first kappa shape index (κ1) is 17.6. The number of hydrogen-bond donors (Lipinski definition) is 1. The Hall–Kier alpha value is -2.18. The first-order valence-corrected chi connectivity index (χ1v) is 8.62. The van der Waals surface area contributed by atoms with Gasteiger partial charge in [-0.1, -0.05) is 23.2 Å². The molecule has 3 rings (SSSR count). The molecule has 25 heavy (non-hydrogen) atoms. The molecule has 0 aliphatic carbocycles. The smallest absolute Gasteiger partial charge is 0.253 e. The summed E-state index contributed by atoms with van der Waals surface area (Å²) in [5.41, 5.74) is 0.495. The molecule has 1 N–H and O–H groups in total. The molecule has 1 saturated heterocycles. The van der Waals surface area contributed by atoms with E-state index in [0.717, 1.165) is 0 Å². The van der Waals surface area contributed by atoms with E-state index in [9.17, 15) is 9.59 Å². The number of hydrogen-bond acceptors (Lipinski definition) is 4. The van der Waals surface area contributed by atoms with Crippen molar-refractivity contribution in [3.8, 4) is 0 Å². The number of amides is 2. The molecule has 1 aromatic heterocycles. The molecular weight excluding hydrogens is 363 g/mol. The zero-order valence-corrected chi connectivity index (χ0v) is 14.8.